The number of carboxylic acid groups (broad SMARTS) is 1. The summed E-state index contributed by atoms with van der Waals surface area (Å²) in [6.07, 6.45) is 9.24. The van der Waals surface area contributed by atoms with Gasteiger partial charge in [-0.3, -0.25) is 0 Å². The summed E-state index contributed by atoms with van der Waals surface area (Å²) in [6.45, 7) is 1.66. The average molecular weight is 439 g/mol. The minimum atomic E-state index is -0.884. The van der Waals surface area contributed by atoms with E-state index in [9.17, 15) is 9.90 Å². The average Bonchev–Trinajstić information content (AvgIpc) is 3.50. The third-order valence-electron chi connectivity index (χ3n) is 5.78. The molecule has 1 N–H and O–H groups in total. The molecule has 164 valence electrons. The molecule has 0 radical (unpaired) electrons. The SMILES string of the molecule is O=C(O)c1ccccc1SCCN(CCCCCCC1CC1)c1nc2ccccc2o1. The summed E-state index contributed by atoms with van der Waals surface area (Å²) < 4.78 is 6.02. The van der Waals surface area contributed by atoms with Crippen molar-refractivity contribution >= 4 is 34.8 Å². The quantitative estimate of drug-likeness (QED) is 0.243. The van der Waals surface area contributed by atoms with Gasteiger partial charge >= 0.3 is 5.97 Å². The van der Waals surface area contributed by atoms with Crippen molar-refractivity contribution in [3.05, 3.63) is 54.1 Å². The number of aromatic carboxylic acids is 1. The van der Waals surface area contributed by atoms with Crippen LogP contribution in [0.1, 0.15) is 55.3 Å². The zero-order valence-corrected chi connectivity index (χ0v) is 18.7. The molecule has 1 aliphatic carbocycles. The first kappa shape index (κ1) is 21.8. The topological polar surface area (TPSA) is 66.6 Å². The maximum atomic E-state index is 11.5. The lowest BCUT2D eigenvalue weighted by molar-refractivity contribution is 0.0693. The van der Waals surface area contributed by atoms with Gasteiger partial charge in [-0.1, -0.05) is 62.8 Å². The van der Waals surface area contributed by atoms with Gasteiger partial charge in [-0.05, 0) is 36.6 Å². The fourth-order valence-electron chi connectivity index (χ4n) is 3.83. The van der Waals surface area contributed by atoms with Gasteiger partial charge in [0.2, 0.25) is 0 Å². The molecule has 0 amide bonds. The first-order valence-electron chi connectivity index (χ1n) is 11.3. The summed E-state index contributed by atoms with van der Waals surface area (Å²) in [6, 6.07) is 15.7. The lowest BCUT2D eigenvalue weighted by Gasteiger charge is -2.20. The van der Waals surface area contributed by atoms with Crippen LogP contribution in [0.4, 0.5) is 6.01 Å². The van der Waals surface area contributed by atoms with Gasteiger partial charge in [-0.15, -0.1) is 11.8 Å². The number of thioether (sulfide) groups is 1. The molecule has 6 heteroatoms. The van der Waals surface area contributed by atoms with Crippen molar-refractivity contribution in [2.45, 2.75) is 49.8 Å². The molecule has 31 heavy (non-hydrogen) atoms. The van der Waals surface area contributed by atoms with E-state index in [0.717, 1.165) is 47.2 Å². The van der Waals surface area contributed by atoms with Crippen molar-refractivity contribution in [1.82, 2.24) is 4.98 Å². The van der Waals surface area contributed by atoms with E-state index >= 15 is 0 Å². The van der Waals surface area contributed by atoms with Crippen molar-refractivity contribution in [3.8, 4) is 0 Å². The van der Waals surface area contributed by atoms with Crippen molar-refractivity contribution in [2.75, 3.05) is 23.7 Å². The van der Waals surface area contributed by atoms with Gasteiger partial charge in [0.1, 0.15) is 5.52 Å². The van der Waals surface area contributed by atoms with Crippen LogP contribution in [0.5, 0.6) is 0 Å². The van der Waals surface area contributed by atoms with Crippen molar-refractivity contribution in [3.63, 3.8) is 0 Å². The van der Waals surface area contributed by atoms with Crippen LogP contribution in [0.25, 0.3) is 11.1 Å². The van der Waals surface area contributed by atoms with Gasteiger partial charge in [0.15, 0.2) is 5.58 Å². The number of benzene rings is 2. The lowest BCUT2D eigenvalue weighted by Crippen LogP contribution is -2.27. The molecule has 0 bridgehead atoms. The summed E-state index contributed by atoms with van der Waals surface area (Å²) >= 11 is 1.57. The molecule has 0 atom stereocenters. The highest BCUT2D eigenvalue weighted by molar-refractivity contribution is 7.99. The molecule has 1 heterocycles. The van der Waals surface area contributed by atoms with Crippen LogP contribution in [-0.4, -0.2) is 34.9 Å². The van der Waals surface area contributed by atoms with Gasteiger partial charge in [-0.25, -0.2) is 4.79 Å². The molecule has 0 spiro atoms. The third-order valence-corrected chi connectivity index (χ3v) is 6.83. The number of aromatic nitrogens is 1. The monoisotopic (exact) mass is 438 g/mol. The maximum absolute atomic E-state index is 11.5. The summed E-state index contributed by atoms with van der Waals surface area (Å²) in [5, 5.41) is 9.41. The highest BCUT2D eigenvalue weighted by Gasteiger charge is 2.20. The van der Waals surface area contributed by atoms with Gasteiger partial charge in [0, 0.05) is 23.7 Å². The predicted octanol–water partition coefficient (Wildman–Crippen LogP) is 6.49. The van der Waals surface area contributed by atoms with Crippen LogP contribution < -0.4 is 4.90 Å². The summed E-state index contributed by atoms with van der Waals surface area (Å²) in [4.78, 5) is 19.2. The van der Waals surface area contributed by atoms with Crippen LogP contribution in [0.3, 0.4) is 0 Å². The van der Waals surface area contributed by atoms with Crippen molar-refractivity contribution in [2.24, 2.45) is 5.92 Å². The molecule has 2 aromatic carbocycles. The van der Waals surface area contributed by atoms with Gasteiger partial charge in [-0.2, -0.15) is 4.98 Å². The number of hydrogen-bond donors (Lipinski definition) is 1. The Morgan fingerprint density at radius 3 is 2.61 bits per heavy atom. The summed E-state index contributed by atoms with van der Waals surface area (Å²) in [7, 11) is 0. The molecule has 1 aromatic heterocycles. The van der Waals surface area contributed by atoms with E-state index < -0.39 is 5.97 Å². The largest absolute Gasteiger partial charge is 0.478 e. The molecule has 1 fully saturated rings. The van der Waals surface area contributed by atoms with E-state index in [1.807, 2.05) is 36.4 Å². The number of oxazole rings is 1. The Morgan fingerprint density at radius 1 is 1.03 bits per heavy atom. The second kappa shape index (κ2) is 10.7. The number of carbonyl (C=O) groups is 1. The van der Waals surface area contributed by atoms with Crippen LogP contribution in [0.2, 0.25) is 0 Å². The second-order valence-corrected chi connectivity index (χ2v) is 9.38. The van der Waals surface area contributed by atoms with E-state index in [4.69, 9.17) is 4.42 Å². The normalized spacial score (nSPS) is 13.5. The van der Waals surface area contributed by atoms with E-state index in [-0.39, 0.29) is 0 Å². The number of nitrogens with zero attached hydrogens (tertiary/aromatic N) is 2. The predicted molar refractivity (Wildman–Crippen MR) is 126 cm³/mol. The zero-order valence-electron chi connectivity index (χ0n) is 17.8. The van der Waals surface area contributed by atoms with Crippen LogP contribution >= 0.6 is 11.8 Å². The molecule has 0 aliphatic heterocycles. The van der Waals surface area contributed by atoms with Crippen LogP contribution in [-0.2, 0) is 0 Å². The number of rotatable bonds is 13. The van der Waals surface area contributed by atoms with Crippen LogP contribution in [0.15, 0.2) is 57.8 Å². The van der Waals surface area contributed by atoms with Crippen LogP contribution in [0, 0.1) is 5.92 Å². The standard InChI is InChI=1S/C25H30N2O3S/c28-24(29)20-10-4-7-13-23(20)31-18-17-27(16-8-2-1-3-9-19-14-15-19)25-26-21-11-5-6-12-22(21)30-25/h4-7,10-13,19H,1-3,8-9,14-18H2,(H,28,29). The second-order valence-electron chi connectivity index (χ2n) is 8.25. The Labute approximate surface area is 187 Å². The Balaban J connectivity index is 1.35. The highest BCUT2D eigenvalue weighted by atomic mass is 32.2. The Bertz CT molecular complexity index is 966. The fraction of sp³-hybridized carbons (Fsp3) is 0.440. The number of hydrogen-bond acceptors (Lipinski definition) is 5. The number of fused-ring (bicyclic) bond motifs is 1. The third kappa shape index (κ3) is 6.26. The molecular weight excluding hydrogens is 408 g/mol. The zero-order chi connectivity index (χ0) is 21.5. The Kier molecular flexibility index (Phi) is 7.52. The first-order chi connectivity index (χ1) is 15.2. The fourth-order valence-corrected chi connectivity index (χ4v) is 4.85. The summed E-state index contributed by atoms with van der Waals surface area (Å²) in [5.41, 5.74) is 2.03. The molecule has 0 saturated heterocycles. The number of unbranched alkanes of at least 4 members (excludes halogenated alkanes) is 3. The van der Waals surface area contributed by atoms with E-state index in [1.54, 1.807) is 23.9 Å². The van der Waals surface area contributed by atoms with Gasteiger partial charge in [0.25, 0.3) is 6.01 Å². The van der Waals surface area contributed by atoms with Gasteiger partial charge in [0.05, 0.1) is 5.56 Å². The Morgan fingerprint density at radius 2 is 1.81 bits per heavy atom. The summed E-state index contributed by atoms with van der Waals surface area (Å²) in [5.74, 6) is 0.900. The smallest absolute Gasteiger partial charge is 0.336 e. The van der Waals surface area contributed by atoms with E-state index in [0.29, 0.717) is 11.6 Å². The first-order valence-corrected chi connectivity index (χ1v) is 12.2. The number of para-hydroxylation sites is 2. The van der Waals surface area contributed by atoms with E-state index in [1.165, 1.54) is 38.5 Å². The molecule has 1 saturated carbocycles. The van der Waals surface area contributed by atoms with Gasteiger partial charge < -0.3 is 14.4 Å². The molecule has 4 rings (SSSR count). The van der Waals surface area contributed by atoms with E-state index in [2.05, 4.69) is 9.88 Å². The molecule has 1 aliphatic rings. The molecular formula is C25H30N2O3S. The highest BCUT2D eigenvalue weighted by Crippen LogP contribution is 2.34. The number of carboxylic acids is 1. The minimum absolute atomic E-state index is 0.358. The van der Waals surface area contributed by atoms with Crippen molar-refractivity contribution < 1.29 is 14.3 Å². The Hall–Kier alpha value is -2.47. The molecule has 5 nitrogen and oxygen atoms in total. The minimum Gasteiger partial charge on any atom is -0.478 e. The lowest BCUT2D eigenvalue weighted by atomic mass is 10.1. The maximum Gasteiger partial charge on any atom is 0.336 e. The number of anilines is 1. The molecule has 3 aromatic rings. The van der Waals surface area contributed by atoms with Crippen molar-refractivity contribution in [1.29, 1.82) is 0 Å². The molecule has 0 unspecified atom stereocenters.